The number of benzene rings is 1. The maximum absolute atomic E-state index is 9.64. The fourth-order valence-corrected chi connectivity index (χ4v) is 1.68. The molecule has 0 spiro atoms. The molecular weight excluding hydrogens is 214 g/mol. The summed E-state index contributed by atoms with van der Waals surface area (Å²) in [4.78, 5) is 0. The second-order valence-corrected chi connectivity index (χ2v) is 4.36. The molecule has 1 rings (SSSR count). The number of aliphatic hydroxyl groups excluding tert-OH is 1. The molecule has 0 bridgehead atoms. The zero-order chi connectivity index (χ0) is 12.7. The van der Waals surface area contributed by atoms with Gasteiger partial charge in [0.1, 0.15) is 0 Å². The average molecular weight is 237 g/mol. The van der Waals surface area contributed by atoms with Crippen molar-refractivity contribution in [2.75, 3.05) is 19.8 Å². The number of hydrogen-bond acceptors (Lipinski definition) is 3. The van der Waals surface area contributed by atoms with Crippen LogP contribution in [-0.2, 0) is 4.74 Å². The van der Waals surface area contributed by atoms with Crippen LogP contribution < -0.4 is 5.32 Å². The average Bonchev–Trinajstić information content (AvgIpc) is 2.33. The highest BCUT2D eigenvalue weighted by molar-refractivity contribution is 5.24. The molecule has 0 aliphatic carbocycles. The fraction of sp³-hybridized carbons (Fsp3) is 0.571. The smallest absolute Gasteiger partial charge is 0.0897 e. The maximum Gasteiger partial charge on any atom is 0.0897 e. The van der Waals surface area contributed by atoms with E-state index in [0.29, 0.717) is 19.8 Å². The van der Waals surface area contributed by atoms with E-state index in [1.54, 1.807) is 0 Å². The van der Waals surface area contributed by atoms with Crippen molar-refractivity contribution in [3.05, 3.63) is 35.4 Å². The van der Waals surface area contributed by atoms with Crippen LogP contribution in [0, 0.1) is 6.92 Å². The predicted octanol–water partition coefficient (Wildman–Crippen LogP) is 2.04. The molecule has 1 aromatic rings. The fourth-order valence-electron chi connectivity index (χ4n) is 1.68. The Morgan fingerprint density at radius 2 is 2.18 bits per heavy atom. The largest absolute Gasteiger partial charge is 0.389 e. The number of nitrogens with one attached hydrogen (secondary N) is 1. The summed E-state index contributed by atoms with van der Waals surface area (Å²) in [5.41, 5.74) is 2.50. The Morgan fingerprint density at radius 3 is 2.82 bits per heavy atom. The summed E-state index contributed by atoms with van der Waals surface area (Å²) in [6.45, 7) is 7.70. The van der Waals surface area contributed by atoms with Crippen molar-refractivity contribution in [3.63, 3.8) is 0 Å². The third kappa shape index (κ3) is 5.31. The van der Waals surface area contributed by atoms with Crippen LogP contribution in [0.3, 0.4) is 0 Å². The summed E-state index contributed by atoms with van der Waals surface area (Å²) in [5, 5.41) is 12.9. The van der Waals surface area contributed by atoms with Gasteiger partial charge in [0.2, 0.25) is 0 Å². The Labute approximate surface area is 104 Å². The van der Waals surface area contributed by atoms with Crippen molar-refractivity contribution in [2.45, 2.75) is 32.9 Å². The van der Waals surface area contributed by atoms with Crippen LogP contribution in [-0.4, -0.2) is 31.0 Å². The predicted molar refractivity (Wildman–Crippen MR) is 70.1 cm³/mol. The Bertz CT molecular complexity index is 328. The Balaban J connectivity index is 2.36. The molecule has 3 heteroatoms. The second kappa shape index (κ2) is 7.43. The van der Waals surface area contributed by atoms with Crippen LogP contribution >= 0.6 is 0 Å². The molecule has 0 radical (unpaired) electrons. The molecule has 0 aromatic heterocycles. The summed E-state index contributed by atoms with van der Waals surface area (Å²) in [5.74, 6) is 0. The van der Waals surface area contributed by atoms with E-state index >= 15 is 0 Å². The van der Waals surface area contributed by atoms with Crippen LogP contribution in [0.15, 0.2) is 24.3 Å². The highest BCUT2D eigenvalue weighted by Crippen LogP contribution is 2.13. The van der Waals surface area contributed by atoms with E-state index < -0.39 is 6.10 Å². The van der Waals surface area contributed by atoms with Crippen molar-refractivity contribution < 1.29 is 9.84 Å². The minimum Gasteiger partial charge on any atom is -0.389 e. The summed E-state index contributed by atoms with van der Waals surface area (Å²) in [6.07, 6.45) is -0.442. The molecule has 0 aliphatic rings. The van der Waals surface area contributed by atoms with Crippen LogP contribution in [0.4, 0.5) is 0 Å². The normalized spacial score (nSPS) is 14.6. The van der Waals surface area contributed by atoms with Gasteiger partial charge < -0.3 is 15.2 Å². The van der Waals surface area contributed by atoms with Gasteiger partial charge in [-0.25, -0.2) is 0 Å². The van der Waals surface area contributed by atoms with Gasteiger partial charge in [-0.3, -0.25) is 0 Å². The highest BCUT2D eigenvalue weighted by atomic mass is 16.5. The minimum absolute atomic E-state index is 0.242. The first-order chi connectivity index (χ1) is 8.13. The van der Waals surface area contributed by atoms with Crippen molar-refractivity contribution >= 4 is 0 Å². The van der Waals surface area contributed by atoms with Crippen molar-refractivity contribution in [3.8, 4) is 0 Å². The molecule has 2 atom stereocenters. The zero-order valence-electron chi connectivity index (χ0n) is 10.9. The van der Waals surface area contributed by atoms with Crippen molar-refractivity contribution in [1.82, 2.24) is 5.32 Å². The second-order valence-electron chi connectivity index (χ2n) is 4.36. The lowest BCUT2D eigenvalue weighted by Crippen LogP contribution is -2.32. The third-order valence-electron chi connectivity index (χ3n) is 2.72. The molecule has 0 amide bonds. The molecule has 3 nitrogen and oxygen atoms in total. The monoisotopic (exact) mass is 237 g/mol. The van der Waals surface area contributed by atoms with E-state index in [4.69, 9.17) is 4.74 Å². The molecule has 0 saturated heterocycles. The number of aliphatic hydroxyl groups is 1. The van der Waals surface area contributed by atoms with Crippen molar-refractivity contribution in [2.24, 2.45) is 0 Å². The number of aryl methyl sites for hydroxylation is 1. The minimum atomic E-state index is -0.442. The topological polar surface area (TPSA) is 41.5 Å². The van der Waals surface area contributed by atoms with E-state index in [2.05, 4.69) is 43.4 Å². The standard InChI is InChI=1S/C14H23NO2/c1-4-17-10-14(16)9-15-12(3)13-7-5-6-11(2)8-13/h5-8,12,14-16H,4,9-10H2,1-3H3/t12-,14?/m0/s1. The van der Waals surface area contributed by atoms with E-state index in [9.17, 15) is 5.11 Å². The summed E-state index contributed by atoms with van der Waals surface area (Å²) in [6, 6.07) is 8.64. The number of hydrogen-bond donors (Lipinski definition) is 2. The van der Waals surface area contributed by atoms with Gasteiger partial charge in [0, 0.05) is 19.2 Å². The Morgan fingerprint density at radius 1 is 1.41 bits per heavy atom. The van der Waals surface area contributed by atoms with Gasteiger partial charge in [-0.1, -0.05) is 29.8 Å². The molecule has 0 heterocycles. The van der Waals surface area contributed by atoms with Gasteiger partial charge in [0.25, 0.3) is 0 Å². The molecular formula is C14H23NO2. The SMILES string of the molecule is CCOCC(O)CN[C@@H](C)c1cccc(C)c1. The van der Waals surface area contributed by atoms with Crippen LogP contribution in [0.2, 0.25) is 0 Å². The molecule has 0 saturated carbocycles. The van der Waals surface area contributed by atoms with Crippen molar-refractivity contribution in [1.29, 1.82) is 0 Å². The van der Waals surface area contributed by atoms with E-state index in [1.165, 1.54) is 11.1 Å². The van der Waals surface area contributed by atoms with Gasteiger partial charge in [-0.05, 0) is 26.3 Å². The van der Waals surface area contributed by atoms with E-state index in [-0.39, 0.29) is 6.04 Å². The summed E-state index contributed by atoms with van der Waals surface area (Å²) >= 11 is 0. The van der Waals surface area contributed by atoms with E-state index in [0.717, 1.165) is 0 Å². The Hall–Kier alpha value is -0.900. The zero-order valence-corrected chi connectivity index (χ0v) is 10.9. The molecule has 96 valence electrons. The van der Waals surface area contributed by atoms with Crippen LogP contribution in [0.5, 0.6) is 0 Å². The number of rotatable bonds is 7. The first-order valence-electron chi connectivity index (χ1n) is 6.19. The summed E-state index contributed by atoms with van der Waals surface area (Å²) in [7, 11) is 0. The molecule has 2 N–H and O–H groups in total. The third-order valence-corrected chi connectivity index (χ3v) is 2.72. The van der Waals surface area contributed by atoms with Crippen LogP contribution in [0.1, 0.15) is 31.0 Å². The van der Waals surface area contributed by atoms with Gasteiger partial charge >= 0.3 is 0 Å². The maximum atomic E-state index is 9.64. The molecule has 1 aromatic carbocycles. The van der Waals surface area contributed by atoms with Gasteiger partial charge in [0.15, 0.2) is 0 Å². The Kier molecular flexibility index (Phi) is 6.19. The number of ether oxygens (including phenoxy) is 1. The van der Waals surface area contributed by atoms with Crippen LogP contribution in [0.25, 0.3) is 0 Å². The first-order valence-corrected chi connectivity index (χ1v) is 6.19. The molecule has 0 aliphatic heterocycles. The molecule has 0 fully saturated rings. The lowest BCUT2D eigenvalue weighted by Gasteiger charge is -2.17. The summed E-state index contributed by atoms with van der Waals surface area (Å²) < 4.78 is 5.16. The lowest BCUT2D eigenvalue weighted by atomic mass is 10.1. The van der Waals surface area contributed by atoms with Gasteiger partial charge in [-0.2, -0.15) is 0 Å². The first kappa shape index (κ1) is 14.2. The molecule has 1 unspecified atom stereocenters. The lowest BCUT2D eigenvalue weighted by molar-refractivity contribution is 0.0416. The van der Waals surface area contributed by atoms with Gasteiger partial charge in [-0.15, -0.1) is 0 Å². The van der Waals surface area contributed by atoms with Gasteiger partial charge in [0.05, 0.1) is 12.7 Å². The highest BCUT2D eigenvalue weighted by Gasteiger charge is 2.08. The quantitative estimate of drug-likeness (QED) is 0.762. The van der Waals surface area contributed by atoms with E-state index in [1.807, 2.05) is 6.92 Å². The molecule has 17 heavy (non-hydrogen) atoms.